The van der Waals surface area contributed by atoms with E-state index < -0.39 is 10.0 Å². The molecule has 2 aromatic rings. The summed E-state index contributed by atoms with van der Waals surface area (Å²) < 4.78 is 24.5. The number of rotatable bonds is 2. The summed E-state index contributed by atoms with van der Waals surface area (Å²) in [5, 5.41) is 10.1. The molecule has 1 aliphatic carbocycles. The molecule has 1 atom stereocenters. The van der Waals surface area contributed by atoms with Gasteiger partial charge in [0.1, 0.15) is 0 Å². The fraction of sp³-hybridized carbons (Fsp3) is 0.333. The number of benzene rings is 1. The number of aliphatic hydroxyl groups excluding tert-OH is 1. The van der Waals surface area contributed by atoms with E-state index in [9.17, 15) is 8.42 Å². The van der Waals surface area contributed by atoms with Gasteiger partial charge in [-0.3, -0.25) is 0 Å². The first-order chi connectivity index (χ1) is 8.00. The first-order valence-electron chi connectivity index (χ1n) is 5.46. The minimum atomic E-state index is -3.26. The van der Waals surface area contributed by atoms with Crippen molar-refractivity contribution in [2.75, 3.05) is 12.9 Å². The summed E-state index contributed by atoms with van der Waals surface area (Å²) in [6.07, 6.45) is 3.65. The lowest BCUT2D eigenvalue weighted by Crippen LogP contribution is -2.20. The molecule has 0 aliphatic heterocycles. The molecule has 0 radical (unpaired) electrons. The number of fused-ring (bicyclic) bond motifs is 2. The van der Waals surface area contributed by atoms with E-state index in [4.69, 9.17) is 5.11 Å². The average molecular weight is 251 g/mol. The molecule has 1 heterocycles. The van der Waals surface area contributed by atoms with Crippen molar-refractivity contribution in [3.8, 4) is 0 Å². The van der Waals surface area contributed by atoms with Crippen molar-refractivity contribution in [1.29, 1.82) is 0 Å². The summed E-state index contributed by atoms with van der Waals surface area (Å²) >= 11 is 0. The molecule has 3 rings (SSSR count). The summed E-state index contributed by atoms with van der Waals surface area (Å²) in [6.45, 7) is 0.123. The fourth-order valence-corrected chi connectivity index (χ4v) is 3.27. The van der Waals surface area contributed by atoms with Crippen LogP contribution in [-0.2, 0) is 16.4 Å². The molecule has 90 valence electrons. The van der Waals surface area contributed by atoms with Gasteiger partial charge in [0, 0.05) is 17.5 Å². The highest BCUT2D eigenvalue weighted by atomic mass is 32.2. The zero-order valence-electron chi connectivity index (χ0n) is 9.42. The lowest BCUT2D eigenvalue weighted by molar-refractivity contribution is 0.253. The Morgan fingerprint density at radius 2 is 2.24 bits per heavy atom. The molecule has 0 fully saturated rings. The number of nitrogens with zero attached hydrogens (tertiary/aromatic N) is 1. The van der Waals surface area contributed by atoms with Gasteiger partial charge in [-0.15, -0.1) is 0 Å². The van der Waals surface area contributed by atoms with Crippen molar-refractivity contribution < 1.29 is 13.5 Å². The quantitative estimate of drug-likeness (QED) is 0.869. The van der Waals surface area contributed by atoms with E-state index >= 15 is 0 Å². The molecule has 17 heavy (non-hydrogen) atoms. The van der Waals surface area contributed by atoms with Crippen LogP contribution in [0.25, 0.3) is 10.9 Å². The summed E-state index contributed by atoms with van der Waals surface area (Å²) in [7, 11) is -3.26. The van der Waals surface area contributed by atoms with Crippen LogP contribution in [0.5, 0.6) is 0 Å². The maximum Gasteiger partial charge on any atom is 0.236 e. The molecule has 1 N–H and O–H groups in total. The summed E-state index contributed by atoms with van der Waals surface area (Å²) in [6, 6.07) is 5.71. The SMILES string of the molecule is CS(=O)(=O)n1ccc2cc3c(cc21)C(CO)C3. The second-order valence-corrected chi connectivity index (χ2v) is 6.43. The third kappa shape index (κ3) is 1.50. The fourth-order valence-electron chi connectivity index (χ4n) is 2.47. The molecule has 0 saturated carbocycles. The van der Waals surface area contributed by atoms with Crippen molar-refractivity contribution >= 4 is 20.9 Å². The van der Waals surface area contributed by atoms with Gasteiger partial charge in [-0.2, -0.15) is 0 Å². The third-order valence-electron chi connectivity index (χ3n) is 3.40. The van der Waals surface area contributed by atoms with E-state index in [1.807, 2.05) is 18.2 Å². The maximum atomic E-state index is 11.6. The Morgan fingerprint density at radius 1 is 1.47 bits per heavy atom. The first-order valence-corrected chi connectivity index (χ1v) is 7.31. The Hall–Kier alpha value is -1.33. The molecule has 5 heteroatoms. The van der Waals surface area contributed by atoms with E-state index in [-0.39, 0.29) is 12.5 Å². The highest BCUT2D eigenvalue weighted by molar-refractivity contribution is 7.89. The predicted octanol–water partition coefficient (Wildman–Crippen LogP) is 1.08. The van der Waals surface area contributed by atoms with Crippen LogP contribution in [0, 0.1) is 0 Å². The number of hydrogen-bond acceptors (Lipinski definition) is 3. The number of hydrogen-bond donors (Lipinski definition) is 1. The van der Waals surface area contributed by atoms with Crippen LogP contribution >= 0.6 is 0 Å². The van der Waals surface area contributed by atoms with Crippen molar-refractivity contribution in [2.24, 2.45) is 0 Å². The van der Waals surface area contributed by atoms with Crippen molar-refractivity contribution in [2.45, 2.75) is 12.3 Å². The second kappa shape index (κ2) is 3.34. The molecule has 1 aromatic heterocycles. The van der Waals surface area contributed by atoms with E-state index in [0.717, 1.165) is 17.4 Å². The van der Waals surface area contributed by atoms with Crippen LogP contribution in [0.4, 0.5) is 0 Å². The Morgan fingerprint density at radius 3 is 2.88 bits per heavy atom. The molecular weight excluding hydrogens is 238 g/mol. The van der Waals surface area contributed by atoms with Gasteiger partial charge in [0.05, 0.1) is 18.4 Å². The summed E-state index contributed by atoms with van der Waals surface area (Å²) in [5.74, 6) is 0.164. The average Bonchev–Trinajstić information content (AvgIpc) is 2.63. The van der Waals surface area contributed by atoms with Crippen LogP contribution in [0.15, 0.2) is 24.4 Å². The lowest BCUT2D eigenvalue weighted by atomic mass is 9.77. The normalized spacial score (nSPS) is 19.1. The maximum absolute atomic E-state index is 11.6. The summed E-state index contributed by atoms with van der Waals surface area (Å²) in [5.41, 5.74) is 2.98. The van der Waals surface area contributed by atoms with Crippen molar-refractivity contribution in [3.05, 3.63) is 35.5 Å². The Kier molecular flexibility index (Phi) is 2.12. The number of aromatic nitrogens is 1. The zero-order chi connectivity index (χ0) is 12.2. The molecule has 0 spiro atoms. The van der Waals surface area contributed by atoms with Gasteiger partial charge in [-0.05, 0) is 35.7 Å². The largest absolute Gasteiger partial charge is 0.396 e. The van der Waals surface area contributed by atoms with Gasteiger partial charge in [0.15, 0.2) is 0 Å². The topological polar surface area (TPSA) is 59.3 Å². The Bertz CT molecular complexity index is 700. The van der Waals surface area contributed by atoms with Gasteiger partial charge in [-0.25, -0.2) is 12.4 Å². The molecule has 4 nitrogen and oxygen atoms in total. The number of aliphatic hydroxyl groups is 1. The first kappa shape index (κ1) is 10.8. The van der Waals surface area contributed by atoms with E-state index in [0.29, 0.717) is 5.52 Å². The van der Waals surface area contributed by atoms with Gasteiger partial charge in [0.2, 0.25) is 10.0 Å². The van der Waals surface area contributed by atoms with Gasteiger partial charge < -0.3 is 5.11 Å². The second-order valence-electron chi connectivity index (χ2n) is 4.57. The van der Waals surface area contributed by atoms with Gasteiger partial charge >= 0.3 is 0 Å². The van der Waals surface area contributed by atoms with Crippen LogP contribution in [0.1, 0.15) is 17.0 Å². The summed E-state index contributed by atoms with van der Waals surface area (Å²) in [4.78, 5) is 0. The van der Waals surface area contributed by atoms with Crippen LogP contribution in [-0.4, -0.2) is 30.4 Å². The van der Waals surface area contributed by atoms with E-state index in [2.05, 4.69) is 0 Å². The highest BCUT2D eigenvalue weighted by Gasteiger charge is 2.26. The molecule has 1 unspecified atom stereocenters. The van der Waals surface area contributed by atoms with E-state index in [1.54, 1.807) is 6.20 Å². The van der Waals surface area contributed by atoms with Gasteiger partial charge in [0.25, 0.3) is 0 Å². The van der Waals surface area contributed by atoms with Crippen molar-refractivity contribution in [3.63, 3.8) is 0 Å². The van der Waals surface area contributed by atoms with Crippen molar-refractivity contribution in [1.82, 2.24) is 3.97 Å². The Balaban J connectivity index is 2.27. The standard InChI is InChI=1S/C12H13NO3S/c1-17(15,16)13-3-2-8-4-9-5-10(7-14)11(9)6-12(8)13/h2-4,6,10,14H,5,7H2,1H3. The highest BCUT2D eigenvalue weighted by Crippen LogP contribution is 2.37. The van der Waals surface area contributed by atoms with Crippen LogP contribution in [0.3, 0.4) is 0 Å². The lowest BCUT2D eigenvalue weighted by Gasteiger charge is -2.28. The molecule has 0 amide bonds. The Labute approximate surface area is 99.5 Å². The molecule has 0 bridgehead atoms. The third-order valence-corrected chi connectivity index (χ3v) is 4.43. The molecule has 1 aliphatic rings. The minimum absolute atomic E-state index is 0.123. The van der Waals surface area contributed by atoms with Gasteiger partial charge in [-0.1, -0.05) is 0 Å². The predicted molar refractivity (Wildman–Crippen MR) is 65.7 cm³/mol. The van der Waals surface area contributed by atoms with Crippen LogP contribution in [0.2, 0.25) is 0 Å². The molecular formula is C12H13NO3S. The monoisotopic (exact) mass is 251 g/mol. The smallest absolute Gasteiger partial charge is 0.236 e. The minimum Gasteiger partial charge on any atom is -0.396 e. The van der Waals surface area contributed by atoms with Crippen LogP contribution < -0.4 is 0 Å². The zero-order valence-corrected chi connectivity index (χ0v) is 10.2. The molecule has 0 saturated heterocycles. The van der Waals surface area contributed by atoms with E-state index in [1.165, 1.54) is 15.8 Å². The molecule has 1 aromatic carbocycles.